The van der Waals surface area contributed by atoms with Gasteiger partial charge in [-0.25, -0.2) is 4.98 Å². The molecule has 0 saturated heterocycles. The number of fused-ring (bicyclic) bond motifs is 8. The SMILES string of the molecule is O=c1c2ccc3c4ccc5c6c(ccc(c7ccc(c2c37)c2nc3cccc7cccc(c73)n12)c64)-c1c(-c2ccccc2)ccc(C2=CC=CCC2)c1-5. The zero-order valence-electron chi connectivity index (χ0n) is 28.6. The van der Waals surface area contributed by atoms with Crippen molar-refractivity contribution in [3.8, 4) is 33.4 Å². The molecule has 0 fully saturated rings. The topological polar surface area (TPSA) is 34.4 Å². The maximum atomic E-state index is 14.6. The minimum absolute atomic E-state index is 0.0233. The van der Waals surface area contributed by atoms with Crippen LogP contribution in [-0.4, -0.2) is 9.38 Å². The Labute approximate surface area is 303 Å². The van der Waals surface area contributed by atoms with Crippen molar-refractivity contribution < 1.29 is 0 Å². The van der Waals surface area contributed by atoms with E-state index >= 15 is 0 Å². The Bertz CT molecular complexity index is 3540. The van der Waals surface area contributed by atoms with Gasteiger partial charge in [-0.05, 0) is 125 Å². The maximum absolute atomic E-state index is 14.6. The molecule has 0 amide bonds. The fraction of sp³-hybridized carbons (Fsp3) is 0.0400. The predicted molar refractivity (Wildman–Crippen MR) is 223 cm³/mol. The Morgan fingerprint density at radius 3 is 1.89 bits per heavy atom. The third-order valence-corrected chi connectivity index (χ3v) is 12.3. The molecule has 0 spiro atoms. The third kappa shape index (κ3) is 3.36. The second kappa shape index (κ2) is 9.73. The van der Waals surface area contributed by atoms with Crippen molar-refractivity contribution in [3.05, 3.63) is 162 Å². The second-order valence-corrected chi connectivity index (χ2v) is 14.8. The van der Waals surface area contributed by atoms with Crippen molar-refractivity contribution >= 4 is 86.9 Å². The van der Waals surface area contributed by atoms with E-state index in [4.69, 9.17) is 4.98 Å². The molecule has 0 N–H and O–H groups in total. The summed E-state index contributed by atoms with van der Waals surface area (Å²) in [5.74, 6) is 0. The smallest absolute Gasteiger partial charge is 0.264 e. The van der Waals surface area contributed by atoms with Gasteiger partial charge >= 0.3 is 0 Å². The molecule has 53 heavy (non-hydrogen) atoms. The van der Waals surface area contributed by atoms with Crippen LogP contribution in [0.2, 0.25) is 0 Å². The largest absolute Gasteiger partial charge is 0.268 e. The van der Waals surface area contributed by atoms with Crippen LogP contribution in [0.3, 0.4) is 0 Å². The maximum Gasteiger partial charge on any atom is 0.264 e. The first-order chi connectivity index (χ1) is 26.2. The molecule has 2 aliphatic carbocycles. The van der Waals surface area contributed by atoms with Crippen molar-refractivity contribution in [2.24, 2.45) is 0 Å². The highest BCUT2D eigenvalue weighted by Crippen LogP contribution is 2.57. The number of hydrogen-bond donors (Lipinski definition) is 0. The molecule has 0 atom stereocenters. The molecule has 0 aliphatic heterocycles. The van der Waals surface area contributed by atoms with Gasteiger partial charge in [-0.1, -0.05) is 121 Å². The Kier molecular flexibility index (Phi) is 5.11. The Hall–Kier alpha value is -6.84. The highest BCUT2D eigenvalue weighted by Gasteiger charge is 2.31. The summed E-state index contributed by atoms with van der Waals surface area (Å²) < 4.78 is 1.84. The van der Waals surface area contributed by atoms with Crippen LogP contribution in [0, 0.1) is 0 Å². The van der Waals surface area contributed by atoms with Crippen molar-refractivity contribution in [1.82, 2.24) is 9.38 Å². The number of allylic oxidation sites excluding steroid dienone is 4. The molecule has 3 nitrogen and oxygen atoms in total. The molecule has 13 rings (SSSR count). The van der Waals surface area contributed by atoms with E-state index in [-0.39, 0.29) is 5.56 Å². The highest BCUT2D eigenvalue weighted by molar-refractivity contribution is 6.40. The van der Waals surface area contributed by atoms with Crippen LogP contribution < -0.4 is 5.56 Å². The van der Waals surface area contributed by atoms with Crippen molar-refractivity contribution in [2.75, 3.05) is 0 Å². The van der Waals surface area contributed by atoms with Crippen LogP contribution in [0.15, 0.2) is 150 Å². The first-order valence-corrected chi connectivity index (χ1v) is 18.5. The molecule has 0 bridgehead atoms. The predicted octanol–water partition coefficient (Wildman–Crippen LogP) is 12.7. The van der Waals surface area contributed by atoms with Crippen LogP contribution in [-0.2, 0) is 0 Å². The van der Waals surface area contributed by atoms with Crippen LogP contribution in [0.5, 0.6) is 0 Å². The second-order valence-electron chi connectivity index (χ2n) is 14.8. The number of nitrogens with zero attached hydrogens (tertiary/aromatic N) is 2. The zero-order valence-corrected chi connectivity index (χ0v) is 28.6. The van der Waals surface area contributed by atoms with Crippen LogP contribution >= 0.6 is 0 Å². The van der Waals surface area contributed by atoms with E-state index in [9.17, 15) is 4.79 Å². The van der Waals surface area contributed by atoms with Gasteiger partial charge in [-0.15, -0.1) is 0 Å². The fourth-order valence-electron chi connectivity index (χ4n) is 10.2. The monoisotopic (exact) mass is 672 g/mol. The molecule has 11 aromatic rings. The van der Waals surface area contributed by atoms with E-state index in [0.29, 0.717) is 5.65 Å². The molecule has 3 heteroatoms. The summed E-state index contributed by atoms with van der Waals surface area (Å²) in [6.07, 6.45) is 8.88. The lowest BCUT2D eigenvalue weighted by Crippen LogP contribution is -2.16. The van der Waals surface area contributed by atoms with Gasteiger partial charge in [0, 0.05) is 21.5 Å². The first-order valence-electron chi connectivity index (χ1n) is 18.5. The number of hydrogen-bond acceptors (Lipinski definition) is 2. The van der Waals surface area contributed by atoms with Gasteiger partial charge in [0.05, 0.1) is 11.0 Å². The molecule has 2 aromatic heterocycles. The van der Waals surface area contributed by atoms with Gasteiger partial charge in [0.25, 0.3) is 5.56 Å². The zero-order chi connectivity index (χ0) is 34.5. The van der Waals surface area contributed by atoms with E-state index in [1.807, 2.05) is 16.5 Å². The normalized spacial score (nSPS) is 14.0. The lowest BCUT2D eigenvalue weighted by molar-refractivity contribution is 1.05. The van der Waals surface area contributed by atoms with Gasteiger partial charge in [-0.3, -0.25) is 9.20 Å². The van der Waals surface area contributed by atoms with E-state index in [0.717, 1.165) is 56.2 Å². The first kappa shape index (κ1) is 27.8. The van der Waals surface area contributed by atoms with E-state index in [1.54, 1.807) is 0 Å². The van der Waals surface area contributed by atoms with E-state index in [2.05, 4.69) is 133 Å². The average molecular weight is 673 g/mol. The third-order valence-electron chi connectivity index (χ3n) is 12.3. The highest BCUT2D eigenvalue weighted by atomic mass is 16.1. The Morgan fingerprint density at radius 1 is 0.509 bits per heavy atom. The van der Waals surface area contributed by atoms with Gasteiger partial charge in [0.2, 0.25) is 0 Å². The number of aromatic nitrogens is 2. The van der Waals surface area contributed by atoms with Gasteiger partial charge in [0.15, 0.2) is 0 Å². The fourth-order valence-corrected chi connectivity index (χ4v) is 10.2. The molecular formula is C50H28N2O. The van der Waals surface area contributed by atoms with Crippen LogP contribution in [0.4, 0.5) is 0 Å². The van der Waals surface area contributed by atoms with Gasteiger partial charge < -0.3 is 0 Å². The summed E-state index contributed by atoms with van der Waals surface area (Å²) >= 11 is 0. The van der Waals surface area contributed by atoms with Crippen molar-refractivity contribution in [3.63, 3.8) is 0 Å². The number of benzene rings is 9. The molecule has 0 saturated carbocycles. The Morgan fingerprint density at radius 2 is 1.13 bits per heavy atom. The van der Waals surface area contributed by atoms with Crippen LogP contribution in [0.25, 0.3) is 120 Å². The van der Waals surface area contributed by atoms with E-state index < -0.39 is 0 Å². The summed E-state index contributed by atoms with van der Waals surface area (Å²) in [6, 6.07) is 46.0. The average Bonchev–Trinajstić information content (AvgIpc) is 3.56. The molecule has 9 aromatic carbocycles. The summed E-state index contributed by atoms with van der Waals surface area (Å²) in [5.41, 5.74) is 13.0. The molecule has 2 aliphatic rings. The summed E-state index contributed by atoms with van der Waals surface area (Å²) in [4.78, 5) is 19.8. The number of rotatable bonds is 2. The minimum Gasteiger partial charge on any atom is -0.268 e. The summed E-state index contributed by atoms with van der Waals surface area (Å²) in [5, 5.41) is 13.4. The van der Waals surface area contributed by atoms with Crippen LogP contribution in [0.1, 0.15) is 18.4 Å². The Balaban J connectivity index is 1.18. The molecular weight excluding hydrogens is 645 g/mol. The standard InChI is InChI=1S/C50H28N2O/c53-50-39-26-22-35-33-20-24-37-44-31(28-11-5-2-6-12-28)18-17-30(27-9-3-1-4-10-27)43(44)36-23-19-32(45(33)47(36)37)34-21-25-38(48(39)46(34)35)49-51-40-15-7-13-29-14-8-16-41(42(29)40)52(49)50/h1-5,7-11,13-26H,6,12H2. The quantitative estimate of drug-likeness (QED) is 0.135. The molecule has 0 unspecified atom stereocenters. The minimum atomic E-state index is -0.0233. The summed E-state index contributed by atoms with van der Waals surface area (Å²) in [6.45, 7) is 0. The summed E-state index contributed by atoms with van der Waals surface area (Å²) in [7, 11) is 0. The van der Waals surface area contributed by atoms with Crippen molar-refractivity contribution in [1.29, 1.82) is 0 Å². The lowest BCUT2D eigenvalue weighted by atomic mass is 9.85. The van der Waals surface area contributed by atoms with E-state index in [1.165, 1.54) is 76.8 Å². The van der Waals surface area contributed by atoms with Gasteiger partial charge in [-0.2, -0.15) is 0 Å². The molecule has 2 heterocycles. The lowest BCUT2D eigenvalue weighted by Gasteiger charge is -2.19. The number of pyridine rings is 1. The molecule has 244 valence electrons. The molecule has 0 radical (unpaired) electrons. The van der Waals surface area contributed by atoms with Gasteiger partial charge in [0.1, 0.15) is 5.65 Å². The van der Waals surface area contributed by atoms with Crippen molar-refractivity contribution in [2.45, 2.75) is 12.8 Å².